The first-order valence-corrected chi connectivity index (χ1v) is 7.31. The lowest BCUT2D eigenvalue weighted by Gasteiger charge is -2.38. The number of carbonyl (C=O) groups excluding carboxylic acids is 1. The first kappa shape index (κ1) is 19.2. The van der Waals surface area contributed by atoms with Crippen LogP contribution in [-0.2, 0) is 0 Å². The molecule has 128 valence electrons. The summed E-state index contributed by atoms with van der Waals surface area (Å²) in [6.07, 6.45) is 1.82. The number of nitro groups is 1. The van der Waals surface area contributed by atoms with Gasteiger partial charge < -0.3 is 15.4 Å². The fourth-order valence-electron chi connectivity index (χ4n) is 2.87. The number of halogens is 1. The zero-order valence-electron chi connectivity index (χ0n) is 13.2. The van der Waals surface area contributed by atoms with E-state index >= 15 is 0 Å². The number of methoxy groups -OCH3 is 1. The Morgan fingerprint density at radius 2 is 2.22 bits per heavy atom. The summed E-state index contributed by atoms with van der Waals surface area (Å²) in [5, 5.41) is 10.9. The lowest BCUT2D eigenvalue weighted by Crippen LogP contribution is -2.49. The quantitative estimate of drug-likeness (QED) is 0.667. The molecule has 1 aliphatic heterocycles. The van der Waals surface area contributed by atoms with E-state index in [9.17, 15) is 14.9 Å². The number of nitro benzene ring substituents is 1. The van der Waals surface area contributed by atoms with E-state index < -0.39 is 4.92 Å². The molecular weight excluding hydrogens is 322 g/mol. The predicted molar refractivity (Wildman–Crippen MR) is 89.2 cm³/mol. The largest absolute Gasteiger partial charge is 0.490 e. The second-order valence-corrected chi connectivity index (χ2v) is 5.66. The molecule has 1 fully saturated rings. The molecule has 1 aliphatic rings. The van der Waals surface area contributed by atoms with E-state index in [2.05, 4.69) is 6.92 Å². The summed E-state index contributed by atoms with van der Waals surface area (Å²) >= 11 is 0. The van der Waals surface area contributed by atoms with Crippen LogP contribution in [0.4, 0.5) is 5.69 Å². The van der Waals surface area contributed by atoms with Crippen molar-refractivity contribution in [2.45, 2.75) is 25.8 Å². The number of hydrogen-bond acceptors (Lipinski definition) is 5. The number of nitrogens with two attached hydrogens (primary N) is 1. The molecule has 1 saturated heterocycles. The molecule has 2 atom stereocenters. The van der Waals surface area contributed by atoms with Gasteiger partial charge in [-0.05, 0) is 24.8 Å². The van der Waals surface area contributed by atoms with Gasteiger partial charge in [-0.3, -0.25) is 14.9 Å². The summed E-state index contributed by atoms with van der Waals surface area (Å²) in [7, 11) is 1.35. The maximum atomic E-state index is 12.7. The van der Waals surface area contributed by atoms with Crippen molar-refractivity contribution < 1.29 is 14.5 Å². The van der Waals surface area contributed by atoms with E-state index in [0.717, 1.165) is 12.8 Å². The van der Waals surface area contributed by atoms with Gasteiger partial charge in [-0.15, -0.1) is 12.4 Å². The minimum Gasteiger partial charge on any atom is -0.490 e. The molecule has 1 aromatic carbocycles. The summed E-state index contributed by atoms with van der Waals surface area (Å²) in [5.41, 5.74) is 6.02. The molecule has 0 aliphatic carbocycles. The van der Waals surface area contributed by atoms with Gasteiger partial charge in [0.1, 0.15) is 0 Å². The average molecular weight is 344 g/mol. The van der Waals surface area contributed by atoms with Crippen molar-refractivity contribution in [1.82, 2.24) is 4.90 Å². The molecule has 1 heterocycles. The van der Waals surface area contributed by atoms with Crippen LogP contribution >= 0.6 is 12.4 Å². The number of rotatable bonds is 4. The van der Waals surface area contributed by atoms with Crippen molar-refractivity contribution in [3.8, 4) is 5.75 Å². The second kappa shape index (κ2) is 8.12. The SMILES string of the molecule is COc1cc(C(=O)N2CCC(C)CC2CN)ccc1[N+](=O)[O-].Cl. The molecule has 1 aromatic rings. The molecule has 0 bridgehead atoms. The molecule has 0 spiro atoms. The summed E-state index contributed by atoms with van der Waals surface area (Å²) in [6.45, 7) is 3.22. The highest BCUT2D eigenvalue weighted by atomic mass is 35.5. The number of hydrogen-bond donors (Lipinski definition) is 1. The second-order valence-electron chi connectivity index (χ2n) is 5.66. The molecule has 1 amide bonds. The molecular formula is C15H22ClN3O4. The van der Waals surface area contributed by atoms with Gasteiger partial charge in [0.2, 0.25) is 0 Å². The van der Waals surface area contributed by atoms with Crippen LogP contribution in [0.5, 0.6) is 5.75 Å². The number of piperidine rings is 1. The number of ether oxygens (including phenoxy) is 1. The van der Waals surface area contributed by atoms with Gasteiger partial charge in [0.15, 0.2) is 5.75 Å². The summed E-state index contributed by atoms with van der Waals surface area (Å²) < 4.78 is 5.02. The zero-order chi connectivity index (χ0) is 16.3. The number of carbonyl (C=O) groups is 1. The molecule has 8 heteroatoms. The number of likely N-dealkylation sites (tertiary alicyclic amines) is 1. The van der Waals surface area contributed by atoms with Gasteiger partial charge in [-0.1, -0.05) is 6.92 Å². The number of benzene rings is 1. The van der Waals surface area contributed by atoms with Gasteiger partial charge in [0.05, 0.1) is 12.0 Å². The van der Waals surface area contributed by atoms with Crippen LogP contribution in [0.15, 0.2) is 18.2 Å². The van der Waals surface area contributed by atoms with Crippen LogP contribution < -0.4 is 10.5 Å². The van der Waals surface area contributed by atoms with Gasteiger partial charge >= 0.3 is 5.69 Å². The molecule has 0 saturated carbocycles. The van der Waals surface area contributed by atoms with Gasteiger partial charge in [0.25, 0.3) is 5.91 Å². The third-order valence-corrected chi connectivity index (χ3v) is 4.13. The van der Waals surface area contributed by atoms with E-state index in [-0.39, 0.29) is 35.8 Å². The Morgan fingerprint density at radius 3 is 2.78 bits per heavy atom. The van der Waals surface area contributed by atoms with E-state index in [1.165, 1.54) is 25.3 Å². The monoisotopic (exact) mass is 343 g/mol. The van der Waals surface area contributed by atoms with E-state index in [4.69, 9.17) is 10.5 Å². The fraction of sp³-hybridized carbons (Fsp3) is 0.533. The maximum absolute atomic E-state index is 12.7. The average Bonchev–Trinajstić information content (AvgIpc) is 2.53. The van der Waals surface area contributed by atoms with Crippen LogP contribution in [0, 0.1) is 16.0 Å². The Bertz CT molecular complexity index is 582. The number of amides is 1. The lowest BCUT2D eigenvalue weighted by molar-refractivity contribution is -0.385. The van der Waals surface area contributed by atoms with Gasteiger partial charge in [0, 0.05) is 36.8 Å². The lowest BCUT2D eigenvalue weighted by atomic mass is 9.92. The fourth-order valence-corrected chi connectivity index (χ4v) is 2.87. The first-order valence-electron chi connectivity index (χ1n) is 7.31. The summed E-state index contributed by atoms with van der Waals surface area (Å²) in [6, 6.07) is 4.20. The van der Waals surface area contributed by atoms with Crippen LogP contribution in [0.1, 0.15) is 30.1 Å². The van der Waals surface area contributed by atoms with Gasteiger partial charge in [-0.25, -0.2) is 0 Å². The molecule has 2 unspecified atom stereocenters. The zero-order valence-corrected chi connectivity index (χ0v) is 14.0. The smallest absolute Gasteiger partial charge is 0.310 e. The Balaban J connectivity index is 0.00000264. The third-order valence-electron chi connectivity index (χ3n) is 4.13. The van der Waals surface area contributed by atoms with Crippen LogP contribution in [0.3, 0.4) is 0 Å². The normalized spacial score (nSPS) is 20.6. The molecule has 2 N–H and O–H groups in total. The molecule has 0 radical (unpaired) electrons. The van der Waals surface area contributed by atoms with Crippen LogP contribution in [0.25, 0.3) is 0 Å². The van der Waals surface area contributed by atoms with Crippen molar-refractivity contribution in [3.63, 3.8) is 0 Å². The molecule has 0 aromatic heterocycles. The highest BCUT2D eigenvalue weighted by Gasteiger charge is 2.30. The summed E-state index contributed by atoms with van der Waals surface area (Å²) in [4.78, 5) is 24.8. The van der Waals surface area contributed by atoms with Crippen molar-refractivity contribution >= 4 is 24.0 Å². The predicted octanol–water partition coefficient (Wildman–Crippen LogP) is 2.22. The minimum absolute atomic E-state index is 0. The van der Waals surface area contributed by atoms with Crippen molar-refractivity contribution in [1.29, 1.82) is 0 Å². The highest BCUT2D eigenvalue weighted by Crippen LogP contribution is 2.29. The van der Waals surface area contributed by atoms with Crippen molar-refractivity contribution in [3.05, 3.63) is 33.9 Å². The Labute approximate surface area is 141 Å². The van der Waals surface area contributed by atoms with Crippen molar-refractivity contribution in [2.75, 3.05) is 20.2 Å². The Morgan fingerprint density at radius 1 is 1.52 bits per heavy atom. The number of nitrogens with zero attached hydrogens (tertiary/aromatic N) is 2. The molecule has 2 rings (SSSR count). The highest BCUT2D eigenvalue weighted by molar-refractivity contribution is 5.95. The molecule has 7 nitrogen and oxygen atoms in total. The Kier molecular flexibility index (Phi) is 6.78. The van der Waals surface area contributed by atoms with E-state index in [0.29, 0.717) is 24.6 Å². The third kappa shape index (κ3) is 4.11. The summed E-state index contributed by atoms with van der Waals surface area (Å²) in [5.74, 6) is 0.477. The maximum Gasteiger partial charge on any atom is 0.310 e. The Hall–Kier alpha value is -1.86. The standard InChI is InChI=1S/C15H21N3O4.ClH/c1-10-5-6-17(12(7-10)9-16)15(19)11-3-4-13(18(20)21)14(8-11)22-2;/h3-4,8,10,12H,5-7,9,16H2,1-2H3;1H. The van der Waals surface area contributed by atoms with Gasteiger partial charge in [-0.2, -0.15) is 0 Å². The van der Waals surface area contributed by atoms with Crippen LogP contribution in [-0.4, -0.2) is 42.0 Å². The van der Waals surface area contributed by atoms with Crippen LogP contribution in [0.2, 0.25) is 0 Å². The van der Waals surface area contributed by atoms with E-state index in [1.807, 2.05) is 0 Å². The molecule has 23 heavy (non-hydrogen) atoms. The van der Waals surface area contributed by atoms with Crippen molar-refractivity contribution in [2.24, 2.45) is 11.7 Å². The van der Waals surface area contributed by atoms with E-state index in [1.54, 1.807) is 4.90 Å². The topological polar surface area (TPSA) is 98.7 Å². The first-order chi connectivity index (χ1) is 10.5. The minimum atomic E-state index is -0.529.